The van der Waals surface area contributed by atoms with Crippen molar-refractivity contribution in [3.63, 3.8) is 0 Å². The molecule has 136 valence electrons. The van der Waals surface area contributed by atoms with Crippen molar-refractivity contribution >= 4 is 33.8 Å². The summed E-state index contributed by atoms with van der Waals surface area (Å²) in [6.45, 7) is 2.01. The second-order valence-corrected chi connectivity index (χ2v) is 8.32. The highest BCUT2D eigenvalue weighted by molar-refractivity contribution is 7.98. The molecule has 0 saturated heterocycles. The monoisotopic (exact) mass is 394 g/mol. The standard InChI is InChI=1S/C20H18N4OS2/c1-14-8-18-16(9-15-11-22-20(26-2)23-12-15)13-24(19(18)21-10-14)27(25)17-6-4-3-5-7-17/h3-8,10-13H,9H2,1-2H3. The Morgan fingerprint density at radius 1 is 1.07 bits per heavy atom. The van der Waals surface area contributed by atoms with Gasteiger partial charge in [-0.25, -0.2) is 23.1 Å². The maximum absolute atomic E-state index is 13.1. The predicted octanol–water partition coefficient (Wildman–Crippen LogP) is 4.02. The highest BCUT2D eigenvalue weighted by Gasteiger charge is 2.16. The Hall–Kier alpha value is -2.51. The van der Waals surface area contributed by atoms with Gasteiger partial charge < -0.3 is 0 Å². The van der Waals surface area contributed by atoms with Crippen molar-refractivity contribution in [3.8, 4) is 0 Å². The summed E-state index contributed by atoms with van der Waals surface area (Å²) >= 11 is 1.52. The molecule has 1 atom stereocenters. The van der Waals surface area contributed by atoms with Crippen LogP contribution in [0.25, 0.3) is 11.0 Å². The lowest BCUT2D eigenvalue weighted by Gasteiger charge is -2.04. The van der Waals surface area contributed by atoms with Gasteiger partial charge in [0.1, 0.15) is 0 Å². The number of aromatic nitrogens is 4. The first-order chi connectivity index (χ1) is 13.2. The zero-order valence-corrected chi connectivity index (χ0v) is 16.6. The molecule has 1 unspecified atom stereocenters. The van der Waals surface area contributed by atoms with E-state index < -0.39 is 11.0 Å². The van der Waals surface area contributed by atoms with E-state index in [1.807, 2.05) is 62.1 Å². The molecule has 0 aliphatic carbocycles. The molecule has 4 aromatic rings. The lowest BCUT2D eigenvalue weighted by molar-refractivity contribution is 0.678. The molecule has 4 rings (SSSR count). The lowest BCUT2D eigenvalue weighted by atomic mass is 10.1. The molecular formula is C20H18N4OS2. The molecule has 0 aliphatic rings. The summed E-state index contributed by atoms with van der Waals surface area (Å²) in [5, 5.41) is 1.76. The lowest BCUT2D eigenvalue weighted by Crippen LogP contribution is -2.04. The van der Waals surface area contributed by atoms with Gasteiger partial charge >= 0.3 is 0 Å². The van der Waals surface area contributed by atoms with Crippen LogP contribution in [-0.4, -0.2) is 29.4 Å². The van der Waals surface area contributed by atoms with E-state index in [4.69, 9.17) is 0 Å². The highest BCUT2D eigenvalue weighted by atomic mass is 32.2. The maximum Gasteiger partial charge on any atom is 0.187 e. The zero-order chi connectivity index (χ0) is 18.8. The molecule has 0 saturated carbocycles. The van der Waals surface area contributed by atoms with E-state index >= 15 is 0 Å². The number of aryl methyl sites for hydroxylation is 1. The summed E-state index contributed by atoms with van der Waals surface area (Å²) in [5.74, 6) is 0. The Balaban J connectivity index is 1.78. The summed E-state index contributed by atoms with van der Waals surface area (Å²) in [4.78, 5) is 14.0. The molecular weight excluding hydrogens is 376 g/mol. The van der Waals surface area contributed by atoms with E-state index in [0.29, 0.717) is 6.42 Å². The Kier molecular flexibility index (Phi) is 5.05. The van der Waals surface area contributed by atoms with Crippen LogP contribution in [0.5, 0.6) is 0 Å². The van der Waals surface area contributed by atoms with Gasteiger partial charge in [-0.2, -0.15) is 0 Å². The Morgan fingerprint density at radius 2 is 1.81 bits per heavy atom. The van der Waals surface area contributed by atoms with Crippen molar-refractivity contribution in [2.24, 2.45) is 0 Å². The smallest absolute Gasteiger partial charge is 0.187 e. The summed E-state index contributed by atoms with van der Waals surface area (Å²) < 4.78 is 14.8. The van der Waals surface area contributed by atoms with Crippen LogP contribution in [0, 0.1) is 6.92 Å². The van der Waals surface area contributed by atoms with Crippen LogP contribution in [0.3, 0.4) is 0 Å². The van der Waals surface area contributed by atoms with E-state index in [9.17, 15) is 4.21 Å². The topological polar surface area (TPSA) is 60.7 Å². The molecule has 0 spiro atoms. The molecule has 0 fully saturated rings. The number of hydrogen-bond acceptors (Lipinski definition) is 5. The Morgan fingerprint density at radius 3 is 2.52 bits per heavy atom. The second kappa shape index (κ2) is 7.62. The van der Waals surface area contributed by atoms with Crippen molar-refractivity contribution in [1.29, 1.82) is 0 Å². The third kappa shape index (κ3) is 3.65. The highest BCUT2D eigenvalue weighted by Crippen LogP contribution is 2.25. The van der Waals surface area contributed by atoms with Gasteiger partial charge in [-0.05, 0) is 48.1 Å². The third-order valence-electron chi connectivity index (χ3n) is 4.21. The zero-order valence-electron chi connectivity index (χ0n) is 15.0. The van der Waals surface area contributed by atoms with E-state index in [2.05, 4.69) is 21.0 Å². The fraction of sp³-hybridized carbons (Fsp3) is 0.150. The van der Waals surface area contributed by atoms with Gasteiger partial charge in [0, 0.05) is 36.6 Å². The van der Waals surface area contributed by atoms with Gasteiger partial charge in [0.15, 0.2) is 21.8 Å². The van der Waals surface area contributed by atoms with Crippen LogP contribution in [0.15, 0.2) is 71.2 Å². The van der Waals surface area contributed by atoms with Gasteiger partial charge in [-0.3, -0.25) is 0 Å². The van der Waals surface area contributed by atoms with E-state index in [0.717, 1.165) is 37.8 Å². The van der Waals surface area contributed by atoms with Crippen LogP contribution in [0.2, 0.25) is 0 Å². The minimum Gasteiger partial charge on any atom is -0.246 e. The van der Waals surface area contributed by atoms with Gasteiger partial charge in [-0.1, -0.05) is 30.0 Å². The first-order valence-corrected chi connectivity index (χ1v) is 10.8. The van der Waals surface area contributed by atoms with E-state index in [1.54, 1.807) is 10.2 Å². The van der Waals surface area contributed by atoms with Gasteiger partial charge in [0.2, 0.25) is 0 Å². The fourth-order valence-corrected chi connectivity index (χ4v) is 4.38. The van der Waals surface area contributed by atoms with Crippen molar-refractivity contribution in [3.05, 3.63) is 77.9 Å². The summed E-state index contributed by atoms with van der Waals surface area (Å²) in [5.41, 5.74) is 3.87. The molecule has 0 amide bonds. The number of benzene rings is 1. The minimum atomic E-state index is -1.35. The fourth-order valence-electron chi connectivity index (χ4n) is 2.92. The third-order valence-corrected chi connectivity index (χ3v) is 6.10. The summed E-state index contributed by atoms with van der Waals surface area (Å²) in [6, 6.07) is 11.5. The molecule has 0 bridgehead atoms. The van der Waals surface area contributed by atoms with Crippen molar-refractivity contribution in [2.75, 3.05) is 6.26 Å². The second-order valence-electron chi connectivity index (χ2n) is 6.18. The summed E-state index contributed by atoms with van der Waals surface area (Å²) in [6.07, 6.45) is 10.0. The first-order valence-electron chi connectivity index (χ1n) is 8.44. The first kappa shape index (κ1) is 17.9. The Labute approximate surface area is 164 Å². The number of thioether (sulfide) groups is 1. The van der Waals surface area contributed by atoms with Gasteiger partial charge in [0.05, 0.1) is 4.90 Å². The number of hydrogen-bond donors (Lipinski definition) is 0. The minimum absolute atomic E-state index is 0.662. The number of nitrogens with zero attached hydrogens (tertiary/aromatic N) is 4. The average Bonchev–Trinajstić information content (AvgIpc) is 3.06. The van der Waals surface area contributed by atoms with Gasteiger partial charge in [0.25, 0.3) is 0 Å². The molecule has 3 aromatic heterocycles. The molecule has 0 aliphatic heterocycles. The van der Waals surface area contributed by atoms with Crippen LogP contribution in [-0.2, 0) is 17.4 Å². The SMILES string of the molecule is CSc1ncc(Cc2cn(S(=O)c3ccccc3)c3ncc(C)cc23)cn1. The quantitative estimate of drug-likeness (QED) is 0.378. The summed E-state index contributed by atoms with van der Waals surface area (Å²) in [7, 11) is -1.35. The number of pyridine rings is 1. The number of rotatable bonds is 5. The van der Waals surface area contributed by atoms with Crippen molar-refractivity contribution < 1.29 is 4.21 Å². The molecule has 0 N–H and O–H groups in total. The van der Waals surface area contributed by atoms with Gasteiger partial charge in [-0.15, -0.1) is 0 Å². The normalized spacial score (nSPS) is 12.4. The molecule has 3 heterocycles. The van der Waals surface area contributed by atoms with Crippen LogP contribution >= 0.6 is 11.8 Å². The predicted molar refractivity (Wildman–Crippen MR) is 109 cm³/mol. The van der Waals surface area contributed by atoms with Crippen LogP contribution in [0.1, 0.15) is 16.7 Å². The van der Waals surface area contributed by atoms with Crippen LogP contribution < -0.4 is 0 Å². The van der Waals surface area contributed by atoms with E-state index in [1.165, 1.54) is 11.8 Å². The molecule has 5 nitrogen and oxygen atoms in total. The maximum atomic E-state index is 13.1. The van der Waals surface area contributed by atoms with Crippen molar-refractivity contribution in [1.82, 2.24) is 18.9 Å². The molecule has 0 radical (unpaired) electrons. The molecule has 27 heavy (non-hydrogen) atoms. The largest absolute Gasteiger partial charge is 0.246 e. The van der Waals surface area contributed by atoms with Crippen molar-refractivity contribution in [2.45, 2.75) is 23.4 Å². The molecule has 1 aromatic carbocycles. The number of fused-ring (bicyclic) bond motifs is 1. The van der Waals surface area contributed by atoms with E-state index in [-0.39, 0.29) is 0 Å². The average molecular weight is 395 g/mol. The van der Waals surface area contributed by atoms with Crippen LogP contribution in [0.4, 0.5) is 0 Å². The molecule has 7 heteroatoms. The Bertz CT molecular complexity index is 1110.